The smallest absolute Gasteiger partial charge is 0.258 e. The molecule has 7 heteroatoms. The van der Waals surface area contributed by atoms with Crippen molar-refractivity contribution in [1.29, 1.82) is 0 Å². The first kappa shape index (κ1) is 19.3. The van der Waals surface area contributed by atoms with E-state index < -0.39 is 0 Å². The van der Waals surface area contributed by atoms with Crippen molar-refractivity contribution in [2.45, 2.75) is 6.61 Å². The molecule has 0 saturated carbocycles. The van der Waals surface area contributed by atoms with Crippen LogP contribution in [0.5, 0.6) is 11.5 Å². The van der Waals surface area contributed by atoms with Crippen LogP contribution in [0, 0.1) is 0 Å². The highest BCUT2D eigenvalue weighted by Crippen LogP contribution is 2.30. The van der Waals surface area contributed by atoms with Crippen molar-refractivity contribution < 1.29 is 14.0 Å². The Kier molecular flexibility index (Phi) is 5.69. The van der Waals surface area contributed by atoms with E-state index in [4.69, 9.17) is 37.2 Å². The van der Waals surface area contributed by atoms with Crippen LogP contribution in [0.15, 0.2) is 71.3 Å². The molecule has 0 atom stereocenters. The minimum Gasteiger partial charge on any atom is -0.497 e. The third kappa shape index (κ3) is 4.53. The fourth-order valence-corrected chi connectivity index (χ4v) is 3.20. The average Bonchev–Trinajstić information content (AvgIpc) is 3.23. The number of hydrogen-bond donors (Lipinski definition) is 0. The van der Waals surface area contributed by atoms with E-state index in [-0.39, 0.29) is 0 Å². The SMILES string of the molecule is COc1ccc(OCc2ccc(-c3nc(-c4ccc(Cl)cc4Cl)no3)cc2)cc1. The number of halogens is 2. The molecule has 1 aromatic heterocycles. The number of aromatic nitrogens is 2. The van der Waals surface area contributed by atoms with Gasteiger partial charge in [-0.05, 0) is 60.2 Å². The van der Waals surface area contributed by atoms with Crippen LogP contribution in [0.25, 0.3) is 22.8 Å². The third-order valence-corrected chi connectivity index (χ3v) is 4.81. The summed E-state index contributed by atoms with van der Waals surface area (Å²) in [6.07, 6.45) is 0. The van der Waals surface area contributed by atoms with E-state index in [1.54, 1.807) is 25.3 Å². The molecule has 0 amide bonds. The molecule has 1 heterocycles. The molecule has 0 bridgehead atoms. The highest BCUT2D eigenvalue weighted by Gasteiger charge is 2.13. The number of ether oxygens (including phenoxy) is 2. The van der Waals surface area contributed by atoms with Crippen molar-refractivity contribution in [1.82, 2.24) is 10.1 Å². The molecule has 0 spiro atoms. The highest BCUT2D eigenvalue weighted by atomic mass is 35.5. The van der Waals surface area contributed by atoms with Crippen LogP contribution in [0.3, 0.4) is 0 Å². The van der Waals surface area contributed by atoms with Crippen LogP contribution < -0.4 is 9.47 Å². The van der Waals surface area contributed by atoms with Crippen LogP contribution in [0.2, 0.25) is 10.0 Å². The summed E-state index contributed by atoms with van der Waals surface area (Å²) in [6.45, 7) is 0.447. The van der Waals surface area contributed by atoms with Gasteiger partial charge >= 0.3 is 0 Å². The topological polar surface area (TPSA) is 57.4 Å². The van der Waals surface area contributed by atoms with Gasteiger partial charge in [-0.2, -0.15) is 4.98 Å². The normalized spacial score (nSPS) is 10.7. The van der Waals surface area contributed by atoms with E-state index in [0.717, 1.165) is 22.6 Å². The number of hydrogen-bond acceptors (Lipinski definition) is 5. The molecule has 4 rings (SSSR count). The van der Waals surface area contributed by atoms with Gasteiger partial charge < -0.3 is 14.0 Å². The lowest BCUT2D eigenvalue weighted by atomic mass is 10.1. The van der Waals surface area contributed by atoms with Crippen LogP contribution in [0.4, 0.5) is 0 Å². The molecule has 0 fully saturated rings. The highest BCUT2D eigenvalue weighted by molar-refractivity contribution is 6.36. The first-order chi connectivity index (χ1) is 14.1. The molecule has 0 aliphatic carbocycles. The maximum Gasteiger partial charge on any atom is 0.258 e. The molecule has 29 heavy (non-hydrogen) atoms. The Hall–Kier alpha value is -3.02. The molecule has 4 aromatic rings. The molecule has 146 valence electrons. The summed E-state index contributed by atoms with van der Waals surface area (Å²) in [7, 11) is 1.63. The minimum atomic E-state index is 0.411. The van der Waals surface area contributed by atoms with E-state index in [1.165, 1.54) is 0 Å². The van der Waals surface area contributed by atoms with Crippen molar-refractivity contribution in [3.63, 3.8) is 0 Å². The second kappa shape index (κ2) is 8.55. The van der Waals surface area contributed by atoms with Gasteiger partial charge in [0.15, 0.2) is 0 Å². The Morgan fingerprint density at radius 3 is 2.31 bits per heavy atom. The predicted molar refractivity (Wildman–Crippen MR) is 113 cm³/mol. The zero-order valence-electron chi connectivity index (χ0n) is 15.4. The Labute approximate surface area is 177 Å². The van der Waals surface area contributed by atoms with Gasteiger partial charge in [0.05, 0.1) is 12.1 Å². The summed E-state index contributed by atoms with van der Waals surface area (Å²) in [4.78, 5) is 4.43. The largest absolute Gasteiger partial charge is 0.497 e. The van der Waals surface area contributed by atoms with Crippen LogP contribution in [-0.2, 0) is 6.61 Å². The molecule has 0 radical (unpaired) electrons. The van der Waals surface area contributed by atoms with Crippen molar-refractivity contribution in [2.75, 3.05) is 7.11 Å². The van der Waals surface area contributed by atoms with Crippen molar-refractivity contribution >= 4 is 23.2 Å². The van der Waals surface area contributed by atoms with Gasteiger partial charge in [0.2, 0.25) is 5.82 Å². The maximum atomic E-state index is 6.22. The predicted octanol–water partition coefficient (Wildman–Crippen LogP) is 6.30. The zero-order valence-corrected chi connectivity index (χ0v) is 16.9. The number of nitrogens with zero attached hydrogens (tertiary/aromatic N) is 2. The van der Waals surface area contributed by atoms with Gasteiger partial charge in [0.1, 0.15) is 18.1 Å². The lowest BCUT2D eigenvalue weighted by molar-refractivity contribution is 0.305. The summed E-state index contributed by atoms with van der Waals surface area (Å²) in [5.74, 6) is 2.39. The number of benzene rings is 3. The minimum absolute atomic E-state index is 0.411. The van der Waals surface area contributed by atoms with Gasteiger partial charge in [-0.15, -0.1) is 0 Å². The van der Waals surface area contributed by atoms with Gasteiger partial charge in [-0.1, -0.05) is 40.5 Å². The van der Waals surface area contributed by atoms with Crippen LogP contribution in [0.1, 0.15) is 5.56 Å². The molecule has 3 aromatic carbocycles. The molecule has 0 aliphatic rings. The number of rotatable bonds is 6. The summed E-state index contributed by atoms with van der Waals surface area (Å²) >= 11 is 12.1. The summed E-state index contributed by atoms with van der Waals surface area (Å²) in [5, 5.41) is 5.04. The summed E-state index contributed by atoms with van der Waals surface area (Å²) in [5.41, 5.74) is 2.49. The summed E-state index contributed by atoms with van der Waals surface area (Å²) in [6, 6.07) is 20.3. The molecule has 5 nitrogen and oxygen atoms in total. The molecular weight excluding hydrogens is 411 g/mol. The van der Waals surface area contributed by atoms with E-state index in [2.05, 4.69) is 10.1 Å². The monoisotopic (exact) mass is 426 g/mol. The Balaban J connectivity index is 1.44. The van der Waals surface area contributed by atoms with E-state index in [9.17, 15) is 0 Å². The quantitative estimate of drug-likeness (QED) is 0.362. The zero-order chi connectivity index (χ0) is 20.2. The molecule has 0 N–H and O–H groups in total. The molecule has 0 unspecified atom stereocenters. The number of methoxy groups -OCH3 is 1. The van der Waals surface area contributed by atoms with E-state index in [0.29, 0.717) is 33.9 Å². The van der Waals surface area contributed by atoms with E-state index >= 15 is 0 Å². The van der Waals surface area contributed by atoms with Gasteiger partial charge in [-0.25, -0.2) is 0 Å². The lowest BCUT2D eigenvalue weighted by Crippen LogP contribution is -1.95. The molecule has 0 saturated heterocycles. The van der Waals surface area contributed by atoms with Gasteiger partial charge in [-0.3, -0.25) is 0 Å². The Bertz CT molecular complexity index is 1110. The summed E-state index contributed by atoms with van der Waals surface area (Å²) < 4.78 is 16.3. The fraction of sp³-hybridized carbons (Fsp3) is 0.0909. The van der Waals surface area contributed by atoms with Gasteiger partial charge in [0, 0.05) is 16.1 Å². The molecule has 0 aliphatic heterocycles. The lowest BCUT2D eigenvalue weighted by Gasteiger charge is -2.07. The second-order valence-corrected chi connectivity index (χ2v) is 7.05. The second-order valence-electron chi connectivity index (χ2n) is 6.21. The van der Waals surface area contributed by atoms with E-state index in [1.807, 2.05) is 48.5 Å². The average molecular weight is 427 g/mol. The first-order valence-electron chi connectivity index (χ1n) is 8.77. The standard InChI is InChI=1S/C22H16Cl2N2O3/c1-27-17-7-9-18(10-8-17)28-13-14-2-4-15(5-3-14)22-25-21(26-29-22)19-11-6-16(23)12-20(19)24/h2-12H,13H2,1H3. The van der Waals surface area contributed by atoms with Crippen molar-refractivity contribution in [3.8, 4) is 34.3 Å². The first-order valence-corrected chi connectivity index (χ1v) is 9.53. The maximum absolute atomic E-state index is 6.22. The van der Waals surface area contributed by atoms with Gasteiger partial charge in [0.25, 0.3) is 5.89 Å². The molecular formula is C22H16Cl2N2O3. The van der Waals surface area contributed by atoms with Crippen LogP contribution >= 0.6 is 23.2 Å². The van der Waals surface area contributed by atoms with Crippen molar-refractivity contribution in [2.24, 2.45) is 0 Å². The van der Waals surface area contributed by atoms with Crippen molar-refractivity contribution in [3.05, 3.63) is 82.3 Å². The fourth-order valence-electron chi connectivity index (χ4n) is 2.70. The Morgan fingerprint density at radius 2 is 1.62 bits per heavy atom. The van der Waals surface area contributed by atoms with Crippen LogP contribution in [-0.4, -0.2) is 17.3 Å². The third-order valence-electron chi connectivity index (χ3n) is 4.26. The Morgan fingerprint density at radius 1 is 0.897 bits per heavy atom.